The number of nitrogens with zero attached hydrogens (tertiary/aromatic N) is 1. The molecule has 1 aliphatic rings. The number of amides is 1. The van der Waals surface area contributed by atoms with Gasteiger partial charge in [-0.25, -0.2) is 0 Å². The van der Waals surface area contributed by atoms with E-state index in [-0.39, 0.29) is 5.91 Å². The van der Waals surface area contributed by atoms with Crippen molar-refractivity contribution in [2.24, 2.45) is 5.92 Å². The van der Waals surface area contributed by atoms with Gasteiger partial charge in [-0.2, -0.15) is 0 Å². The first-order valence-corrected chi connectivity index (χ1v) is 8.03. The summed E-state index contributed by atoms with van der Waals surface area (Å²) in [6, 6.07) is 7.65. The molecule has 1 N–H and O–H groups in total. The van der Waals surface area contributed by atoms with Crippen molar-refractivity contribution in [1.29, 1.82) is 0 Å². The minimum absolute atomic E-state index is 0.177. The zero-order valence-electron chi connectivity index (χ0n) is 13.2. The van der Waals surface area contributed by atoms with E-state index in [1.54, 1.807) is 0 Å². The number of benzene rings is 1. The molecule has 21 heavy (non-hydrogen) atoms. The molecule has 0 saturated carbocycles. The van der Waals surface area contributed by atoms with E-state index in [0.29, 0.717) is 10.9 Å². The molecule has 116 valence electrons. The van der Waals surface area contributed by atoms with Gasteiger partial charge >= 0.3 is 0 Å². The van der Waals surface area contributed by atoms with Crippen molar-refractivity contribution in [3.63, 3.8) is 0 Å². The predicted molar refractivity (Wildman–Crippen MR) is 87.7 cm³/mol. The Morgan fingerprint density at radius 3 is 2.81 bits per heavy atom. The zero-order chi connectivity index (χ0) is 15.5. The summed E-state index contributed by atoms with van der Waals surface area (Å²) >= 11 is 6.29. The summed E-state index contributed by atoms with van der Waals surface area (Å²) < 4.78 is 0. The Morgan fingerprint density at radius 1 is 1.43 bits per heavy atom. The minimum atomic E-state index is -0.583. The number of likely N-dealkylation sites (tertiary alicyclic amines) is 1. The van der Waals surface area contributed by atoms with Gasteiger partial charge < -0.3 is 10.2 Å². The fraction of sp³-hybridized carbons (Fsp3) is 0.588. The van der Waals surface area contributed by atoms with Crippen LogP contribution >= 0.6 is 11.6 Å². The van der Waals surface area contributed by atoms with E-state index in [2.05, 4.69) is 5.32 Å². The summed E-state index contributed by atoms with van der Waals surface area (Å²) in [6.07, 6.45) is 2.27. The summed E-state index contributed by atoms with van der Waals surface area (Å²) in [4.78, 5) is 15.0. The van der Waals surface area contributed by atoms with Crippen molar-refractivity contribution in [2.75, 3.05) is 26.7 Å². The molecule has 1 aromatic carbocycles. The Hall–Kier alpha value is -1.06. The van der Waals surface area contributed by atoms with E-state index >= 15 is 0 Å². The molecule has 1 aliphatic heterocycles. The zero-order valence-corrected chi connectivity index (χ0v) is 13.9. The predicted octanol–water partition coefficient (Wildman–Crippen LogP) is 3.08. The first kappa shape index (κ1) is 16.3. The van der Waals surface area contributed by atoms with E-state index in [1.165, 1.54) is 6.42 Å². The summed E-state index contributed by atoms with van der Waals surface area (Å²) in [7, 11) is 1.97. The van der Waals surface area contributed by atoms with Crippen LogP contribution in [0.5, 0.6) is 0 Å². The normalized spacial score (nSPS) is 19.6. The van der Waals surface area contributed by atoms with Crippen LogP contribution in [0.3, 0.4) is 0 Å². The highest BCUT2D eigenvalue weighted by molar-refractivity contribution is 6.31. The molecular formula is C17H25ClN2O. The molecule has 0 aromatic heterocycles. The maximum absolute atomic E-state index is 13.0. The topological polar surface area (TPSA) is 32.3 Å². The van der Waals surface area contributed by atoms with E-state index in [4.69, 9.17) is 11.6 Å². The van der Waals surface area contributed by atoms with Gasteiger partial charge in [-0.15, -0.1) is 0 Å². The van der Waals surface area contributed by atoms with Crippen LogP contribution < -0.4 is 5.32 Å². The van der Waals surface area contributed by atoms with Crippen LogP contribution in [0.4, 0.5) is 0 Å². The summed E-state index contributed by atoms with van der Waals surface area (Å²) in [5.74, 6) is 0.728. The van der Waals surface area contributed by atoms with Crippen LogP contribution in [0.15, 0.2) is 24.3 Å². The van der Waals surface area contributed by atoms with Gasteiger partial charge in [-0.1, -0.05) is 29.8 Å². The molecule has 3 nitrogen and oxygen atoms in total. The number of nitrogens with one attached hydrogen (secondary N) is 1. The van der Waals surface area contributed by atoms with E-state index in [9.17, 15) is 4.79 Å². The molecule has 1 fully saturated rings. The van der Waals surface area contributed by atoms with Crippen LogP contribution in [-0.4, -0.2) is 37.5 Å². The van der Waals surface area contributed by atoms with Crippen LogP contribution in [0.1, 0.15) is 32.3 Å². The van der Waals surface area contributed by atoms with Crippen molar-refractivity contribution in [2.45, 2.75) is 32.1 Å². The Balaban J connectivity index is 2.16. The molecule has 1 aromatic rings. The van der Waals surface area contributed by atoms with E-state index in [0.717, 1.165) is 31.6 Å². The van der Waals surface area contributed by atoms with Gasteiger partial charge in [0, 0.05) is 18.1 Å². The first-order chi connectivity index (χ1) is 9.96. The number of carbonyl (C=O) groups is 1. The van der Waals surface area contributed by atoms with Crippen molar-refractivity contribution in [3.8, 4) is 0 Å². The standard InChI is InChI=1S/C17H25ClN2O/c1-17(2,14-8-4-5-9-15(14)18)16(21)20-10-6-7-13(12-20)11-19-3/h4-5,8-9,13,19H,6-7,10-12H2,1-3H3. The maximum atomic E-state index is 13.0. The lowest BCUT2D eigenvalue weighted by atomic mass is 9.82. The van der Waals surface area contributed by atoms with Crippen molar-refractivity contribution >= 4 is 17.5 Å². The Kier molecular flexibility index (Phi) is 5.28. The van der Waals surface area contributed by atoms with E-state index in [1.807, 2.05) is 50.1 Å². The monoisotopic (exact) mass is 308 g/mol. The molecular weight excluding hydrogens is 284 g/mol. The molecule has 0 radical (unpaired) electrons. The number of piperidine rings is 1. The molecule has 1 unspecified atom stereocenters. The van der Waals surface area contributed by atoms with Gasteiger partial charge in [0.1, 0.15) is 0 Å². The highest BCUT2D eigenvalue weighted by Crippen LogP contribution is 2.32. The molecule has 1 heterocycles. The molecule has 2 rings (SSSR count). The largest absolute Gasteiger partial charge is 0.342 e. The van der Waals surface area contributed by atoms with Gasteiger partial charge in [-0.05, 0) is 57.8 Å². The van der Waals surface area contributed by atoms with Gasteiger partial charge in [0.25, 0.3) is 0 Å². The lowest BCUT2D eigenvalue weighted by Crippen LogP contribution is -2.49. The Labute approximate surface area is 132 Å². The second-order valence-electron chi connectivity index (χ2n) is 6.42. The van der Waals surface area contributed by atoms with Gasteiger partial charge in [-0.3, -0.25) is 4.79 Å². The molecule has 1 amide bonds. The number of hydrogen-bond acceptors (Lipinski definition) is 2. The molecule has 1 atom stereocenters. The quantitative estimate of drug-likeness (QED) is 0.927. The molecule has 4 heteroatoms. The minimum Gasteiger partial charge on any atom is -0.342 e. The van der Waals surface area contributed by atoms with Crippen molar-refractivity contribution in [3.05, 3.63) is 34.9 Å². The number of carbonyl (C=O) groups excluding carboxylic acids is 1. The van der Waals surface area contributed by atoms with Crippen LogP contribution in [-0.2, 0) is 10.2 Å². The highest BCUT2D eigenvalue weighted by atomic mass is 35.5. The third-order valence-corrected chi connectivity index (χ3v) is 4.71. The average molecular weight is 309 g/mol. The second-order valence-corrected chi connectivity index (χ2v) is 6.83. The number of hydrogen-bond donors (Lipinski definition) is 1. The lowest BCUT2D eigenvalue weighted by molar-refractivity contribution is -0.138. The average Bonchev–Trinajstić information content (AvgIpc) is 2.47. The second kappa shape index (κ2) is 6.80. The Morgan fingerprint density at radius 2 is 2.14 bits per heavy atom. The Bertz CT molecular complexity index is 499. The number of halogens is 1. The molecule has 1 saturated heterocycles. The third-order valence-electron chi connectivity index (χ3n) is 4.38. The van der Waals surface area contributed by atoms with Gasteiger partial charge in [0.05, 0.1) is 5.41 Å². The summed E-state index contributed by atoms with van der Waals surface area (Å²) in [5.41, 5.74) is 0.326. The molecule has 0 aliphatic carbocycles. The summed E-state index contributed by atoms with van der Waals surface area (Å²) in [6.45, 7) is 6.60. The van der Waals surface area contributed by atoms with Crippen LogP contribution in [0, 0.1) is 5.92 Å². The third kappa shape index (κ3) is 3.58. The number of rotatable bonds is 4. The molecule has 0 spiro atoms. The fourth-order valence-electron chi connectivity index (χ4n) is 3.18. The van der Waals surface area contributed by atoms with Gasteiger partial charge in [0.2, 0.25) is 5.91 Å². The fourth-order valence-corrected chi connectivity index (χ4v) is 3.56. The molecule has 0 bridgehead atoms. The lowest BCUT2D eigenvalue weighted by Gasteiger charge is -2.38. The smallest absolute Gasteiger partial charge is 0.232 e. The maximum Gasteiger partial charge on any atom is 0.232 e. The highest BCUT2D eigenvalue weighted by Gasteiger charge is 2.36. The van der Waals surface area contributed by atoms with Gasteiger partial charge in [0.15, 0.2) is 0 Å². The van der Waals surface area contributed by atoms with Crippen molar-refractivity contribution < 1.29 is 4.79 Å². The van der Waals surface area contributed by atoms with Crippen LogP contribution in [0.2, 0.25) is 5.02 Å². The SMILES string of the molecule is CNCC1CCCN(C(=O)C(C)(C)c2ccccc2Cl)C1. The van der Waals surface area contributed by atoms with Crippen molar-refractivity contribution in [1.82, 2.24) is 10.2 Å². The summed E-state index contributed by atoms with van der Waals surface area (Å²) in [5, 5.41) is 3.88. The van der Waals surface area contributed by atoms with Crippen LogP contribution in [0.25, 0.3) is 0 Å². The first-order valence-electron chi connectivity index (χ1n) is 7.65. The van der Waals surface area contributed by atoms with E-state index < -0.39 is 5.41 Å².